The molecule has 1 amide bonds. The Balaban J connectivity index is 2.31. The largest absolute Gasteiger partial charge is 0.508 e. The van der Waals surface area contributed by atoms with Crippen molar-refractivity contribution in [2.45, 2.75) is 0 Å². The molecule has 0 saturated heterocycles. The first-order valence-corrected chi connectivity index (χ1v) is 6.43. The normalized spacial score (nSPS) is 10.2. The number of nitrogens with zero attached hydrogens (tertiary/aromatic N) is 1. The summed E-state index contributed by atoms with van der Waals surface area (Å²) in [7, 11) is 3.79. The van der Waals surface area contributed by atoms with E-state index >= 15 is 0 Å². The van der Waals surface area contributed by atoms with Gasteiger partial charge in [-0.05, 0) is 30.3 Å². The van der Waals surface area contributed by atoms with Crippen LogP contribution >= 0.6 is 11.6 Å². The van der Waals surface area contributed by atoms with Crippen LogP contribution in [0, 0.1) is 0 Å². The van der Waals surface area contributed by atoms with E-state index in [4.69, 9.17) is 11.6 Å². The van der Waals surface area contributed by atoms with E-state index in [9.17, 15) is 9.90 Å². The van der Waals surface area contributed by atoms with Gasteiger partial charge in [-0.15, -0.1) is 0 Å². The standard InChI is InChI=1S/C15H15ClN2O2/c1-18(2)14-6-4-3-5-13(14)17-15(20)11-9-10(19)7-8-12(11)16/h3-9,19H,1-2H3,(H,17,20). The van der Waals surface area contributed by atoms with E-state index in [0.717, 1.165) is 5.69 Å². The lowest BCUT2D eigenvalue weighted by Gasteiger charge is -2.18. The van der Waals surface area contributed by atoms with Gasteiger partial charge in [0.1, 0.15) is 5.75 Å². The lowest BCUT2D eigenvalue weighted by molar-refractivity contribution is 0.102. The van der Waals surface area contributed by atoms with Gasteiger partial charge < -0.3 is 15.3 Å². The molecule has 0 unspecified atom stereocenters. The van der Waals surface area contributed by atoms with E-state index in [1.54, 1.807) is 0 Å². The van der Waals surface area contributed by atoms with E-state index in [1.165, 1.54) is 18.2 Å². The van der Waals surface area contributed by atoms with Crippen molar-refractivity contribution in [2.75, 3.05) is 24.3 Å². The fourth-order valence-electron chi connectivity index (χ4n) is 1.85. The number of amides is 1. The van der Waals surface area contributed by atoms with E-state index in [1.807, 2.05) is 43.3 Å². The van der Waals surface area contributed by atoms with Gasteiger partial charge in [0.2, 0.25) is 0 Å². The zero-order valence-corrected chi connectivity index (χ0v) is 12.0. The summed E-state index contributed by atoms with van der Waals surface area (Å²) in [6.07, 6.45) is 0. The molecule has 0 spiro atoms. The van der Waals surface area contributed by atoms with Crippen LogP contribution in [0.1, 0.15) is 10.4 Å². The highest BCUT2D eigenvalue weighted by atomic mass is 35.5. The molecule has 0 aliphatic carbocycles. The first-order chi connectivity index (χ1) is 9.49. The van der Waals surface area contributed by atoms with Crippen LogP contribution in [0.4, 0.5) is 11.4 Å². The van der Waals surface area contributed by atoms with Crippen molar-refractivity contribution in [2.24, 2.45) is 0 Å². The predicted octanol–water partition coefficient (Wildman–Crippen LogP) is 3.36. The summed E-state index contributed by atoms with van der Waals surface area (Å²) in [6, 6.07) is 11.7. The molecular formula is C15H15ClN2O2. The quantitative estimate of drug-likeness (QED) is 0.911. The number of carbonyl (C=O) groups excluding carboxylic acids is 1. The first kappa shape index (κ1) is 14.2. The minimum Gasteiger partial charge on any atom is -0.508 e. The molecule has 0 aliphatic heterocycles. The Hall–Kier alpha value is -2.20. The molecule has 0 saturated carbocycles. The molecule has 0 fully saturated rings. The van der Waals surface area contributed by atoms with Crippen molar-refractivity contribution in [1.29, 1.82) is 0 Å². The Morgan fingerprint density at radius 3 is 2.60 bits per heavy atom. The third kappa shape index (κ3) is 3.03. The Bertz CT molecular complexity index is 642. The number of anilines is 2. The van der Waals surface area contributed by atoms with Gasteiger partial charge in [0.15, 0.2) is 0 Å². The van der Waals surface area contributed by atoms with Gasteiger partial charge in [-0.2, -0.15) is 0 Å². The van der Waals surface area contributed by atoms with E-state index < -0.39 is 0 Å². The van der Waals surface area contributed by atoms with Gasteiger partial charge in [-0.3, -0.25) is 4.79 Å². The third-order valence-corrected chi connectivity index (χ3v) is 3.16. The monoisotopic (exact) mass is 290 g/mol. The number of rotatable bonds is 3. The Kier molecular flexibility index (Phi) is 4.15. The van der Waals surface area contributed by atoms with Crippen molar-refractivity contribution in [1.82, 2.24) is 0 Å². The van der Waals surface area contributed by atoms with Crippen molar-refractivity contribution in [3.8, 4) is 5.75 Å². The minimum absolute atomic E-state index is 0.000412. The average molecular weight is 291 g/mol. The summed E-state index contributed by atoms with van der Waals surface area (Å²) in [5.41, 5.74) is 1.80. The lowest BCUT2D eigenvalue weighted by Crippen LogP contribution is -2.16. The molecule has 0 aromatic heterocycles. The van der Waals surface area contributed by atoms with E-state index in [-0.39, 0.29) is 17.2 Å². The summed E-state index contributed by atoms with van der Waals surface area (Å²) in [6.45, 7) is 0. The van der Waals surface area contributed by atoms with Crippen LogP contribution < -0.4 is 10.2 Å². The van der Waals surface area contributed by atoms with Crippen molar-refractivity contribution in [3.63, 3.8) is 0 Å². The van der Waals surface area contributed by atoms with Gasteiger partial charge in [-0.1, -0.05) is 23.7 Å². The van der Waals surface area contributed by atoms with Crippen molar-refractivity contribution < 1.29 is 9.90 Å². The molecule has 0 atom stereocenters. The Labute approximate surface area is 122 Å². The van der Waals surface area contributed by atoms with Crippen LogP contribution in [-0.4, -0.2) is 25.1 Å². The van der Waals surface area contributed by atoms with Crippen LogP contribution in [0.3, 0.4) is 0 Å². The fourth-order valence-corrected chi connectivity index (χ4v) is 2.05. The highest BCUT2D eigenvalue weighted by Gasteiger charge is 2.13. The number of hydrogen-bond donors (Lipinski definition) is 2. The number of nitrogens with one attached hydrogen (secondary N) is 1. The Morgan fingerprint density at radius 2 is 1.90 bits per heavy atom. The number of carbonyl (C=O) groups is 1. The number of hydrogen-bond acceptors (Lipinski definition) is 3. The molecule has 2 aromatic rings. The second-order valence-electron chi connectivity index (χ2n) is 4.53. The maximum Gasteiger partial charge on any atom is 0.257 e. The number of benzene rings is 2. The summed E-state index contributed by atoms with van der Waals surface area (Å²) in [5, 5.41) is 12.5. The SMILES string of the molecule is CN(C)c1ccccc1NC(=O)c1cc(O)ccc1Cl. The van der Waals surface area contributed by atoms with Gasteiger partial charge in [0.25, 0.3) is 5.91 Å². The number of para-hydroxylation sites is 2. The van der Waals surface area contributed by atoms with Crippen LogP contribution in [0.15, 0.2) is 42.5 Å². The number of phenolic OH excluding ortho intramolecular Hbond substituents is 1. The molecule has 20 heavy (non-hydrogen) atoms. The van der Waals surface area contributed by atoms with Crippen molar-refractivity contribution >= 4 is 28.9 Å². The smallest absolute Gasteiger partial charge is 0.257 e. The van der Waals surface area contributed by atoms with Gasteiger partial charge in [0.05, 0.1) is 22.0 Å². The molecule has 2 N–H and O–H groups in total. The molecule has 0 bridgehead atoms. The van der Waals surface area contributed by atoms with Crippen LogP contribution in [0.2, 0.25) is 5.02 Å². The maximum absolute atomic E-state index is 12.2. The van der Waals surface area contributed by atoms with Crippen molar-refractivity contribution in [3.05, 3.63) is 53.1 Å². The Morgan fingerprint density at radius 1 is 1.20 bits per heavy atom. The molecule has 0 aliphatic rings. The predicted molar refractivity (Wildman–Crippen MR) is 81.8 cm³/mol. The summed E-state index contributed by atoms with van der Waals surface area (Å²) in [4.78, 5) is 14.1. The second kappa shape index (κ2) is 5.84. The molecule has 0 radical (unpaired) electrons. The summed E-state index contributed by atoms with van der Waals surface area (Å²) in [5.74, 6) is -0.361. The average Bonchev–Trinajstić information content (AvgIpc) is 2.41. The zero-order valence-electron chi connectivity index (χ0n) is 11.2. The second-order valence-corrected chi connectivity index (χ2v) is 4.94. The van der Waals surface area contributed by atoms with Crippen LogP contribution in [0.25, 0.3) is 0 Å². The lowest BCUT2D eigenvalue weighted by atomic mass is 10.2. The summed E-state index contributed by atoms with van der Waals surface area (Å²) < 4.78 is 0. The van der Waals surface area contributed by atoms with E-state index in [2.05, 4.69) is 5.32 Å². The highest BCUT2D eigenvalue weighted by molar-refractivity contribution is 6.34. The first-order valence-electron chi connectivity index (χ1n) is 6.05. The van der Waals surface area contributed by atoms with Crippen LogP contribution in [-0.2, 0) is 0 Å². The van der Waals surface area contributed by atoms with Gasteiger partial charge in [-0.25, -0.2) is 0 Å². The number of phenols is 1. The minimum atomic E-state index is -0.361. The molecule has 5 heteroatoms. The summed E-state index contributed by atoms with van der Waals surface area (Å²) >= 11 is 5.98. The van der Waals surface area contributed by atoms with E-state index in [0.29, 0.717) is 10.7 Å². The topological polar surface area (TPSA) is 52.6 Å². The zero-order chi connectivity index (χ0) is 14.7. The van der Waals surface area contributed by atoms with Gasteiger partial charge >= 0.3 is 0 Å². The fraction of sp³-hybridized carbons (Fsp3) is 0.133. The molecule has 2 aromatic carbocycles. The highest BCUT2D eigenvalue weighted by Crippen LogP contribution is 2.26. The maximum atomic E-state index is 12.2. The van der Waals surface area contributed by atoms with Gasteiger partial charge in [0, 0.05) is 14.1 Å². The number of aromatic hydroxyl groups is 1. The third-order valence-electron chi connectivity index (χ3n) is 2.83. The molecule has 104 valence electrons. The number of halogens is 1. The molecule has 0 heterocycles. The molecule has 4 nitrogen and oxygen atoms in total. The molecule has 2 rings (SSSR count). The molecular weight excluding hydrogens is 276 g/mol. The van der Waals surface area contributed by atoms with Crippen LogP contribution in [0.5, 0.6) is 5.75 Å².